The van der Waals surface area contributed by atoms with Gasteiger partial charge in [0.25, 0.3) is 0 Å². The topological polar surface area (TPSA) is 78.0 Å². The van der Waals surface area contributed by atoms with Crippen LogP contribution < -0.4 is 5.73 Å². The Bertz CT molecular complexity index is 766. The number of aromatic nitrogens is 2. The van der Waals surface area contributed by atoms with Gasteiger partial charge in [-0.1, -0.05) is 0 Å². The Morgan fingerprint density at radius 2 is 2.00 bits per heavy atom. The van der Waals surface area contributed by atoms with Gasteiger partial charge in [0.2, 0.25) is 0 Å². The molecule has 0 atom stereocenters. The van der Waals surface area contributed by atoms with Crippen LogP contribution in [0.25, 0.3) is 0 Å². The summed E-state index contributed by atoms with van der Waals surface area (Å²) in [5.74, 6) is -0.379. The number of alkyl halides is 3. The zero-order chi connectivity index (χ0) is 15.8. The summed E-state index contributed by atoms with van der Waals surface area (Å²) < 4.78 is 63.4. The Labute approximate surface area is 119 Å². The molecule has 9 heteroatoms. The van der Waals surface area contributed by atoms with Crippen LogP contribution in [0.5, 0.6) is 0 Å². The van der Waals surface area contributed by atoms with Gasteiger partial charge in [0.05, 0.1) is 28.1 Å². The van der Waals surface area contributed by atoms with Gasteiger partial charge >= 0.3 is 6.18 Å². The quantitative estimate of drug-likeness (QED) is 0.878. The number of hydrogen-bond donors (Lipinski definition) is 1. The van der Waals surface area contributed by atoms with Crippen LogP contribution in [0.15, 0.2) is 35.5 Å². The summed E-state index contributed by atoms with van der Waals surface area (Å²) in [6, 6.07) is 2.20. The van der Waals surface area contributed by atoms with Gasteiger partial charge in [-0.3, -0.25) is 4.68 Å². The maximum atomic E-state index is 12.5. The molecule has 0 amide bonds. The molecule has 0 fully saturated rings. The fraction of sp³-hybridized carbons (Fsp3) is 0.250. The molecule has 0 aliphatic heterocycles. The fourth-order valence-electron chi connectivity index (χ4n) is 1.85. The largest absolute Gasteiger partial charge is 0.416 e. The first-order valence-electron chi connectivity index (χ1n) is 5.76. The number of nitrogens with zero attached hydrogens (tertiary/aromatic N) is 2. The Morgan fingerprint density at radius 3 is 2.48 bits per heavy atom. The molecule has 1 heterocycles. The van der Waals surface area contributed by atoms with Crippen molar-refractivity contribution in [3.05, 3.63) is 41.7 Å². The highest BCUT2D eigenvalue weighted by Gasteiger charge is 2.32. The van der Waals surface area contributed by atoms with Crippen LogP contribution in [0, 0.1) is 0 Å². The second kappa shape index (κ2) is 5.06. The summed E-state index contributed by atoms with van der Waals surface area (Å²) in [5.41, 5.74) is 4.48. The van der Waals surface area contributed by atoms with E-state index in [4.69, 9.17) is 5.73 Å². The third-order valence-electron chi connectivity index (χ3n) is 2.79. The molecule has 0 radical (unpaired) electrons. The van der Waals surface area contributed by atoms with Crippen molar-refractivity contribution in [2.24, 2.45) is 7.05 Å². The Balaban J connectivity index is 2.37. The average Bonchev–Trinajstić information content (AvgIpc) is 2.72. The molecule has 0 aliphatic rings. The summed E-state index contributed by atoms with van der Waals surface area (Å²) in [5, 5.41) is 3.84. The molecular weight excluding hydrogens is 307 g/mol. The van der Waals surface area contributed by atoms with E-state index in [-0.39, 0.29) is 10.6 Å². The second-order valence-electron chi connectivity index (χ2n) is 4.53. The van der Waals surface area contributed by atoms with Crippen molar-refractivity contribution < 1.29 is 21.6 Å². The maximum Gasteiger partial charge on any atom is 0.416 e. The SMILES string of the molecule is Cn1cc(CS(=O)(=O)c2ccc(C(F)(F)F)cc2N)cn1. The predicted molar refractivity (Wildman–Crippen MR) is 70.0 cm³/mol. The molecule has 2 N–H and O–H groups in total. The Hall–Kier alpha value is -2.03. The van der Waals surface area contributed by atoms with Crippen LogP contribution in [0.4, 0.5) is 18.9 Å². The lowest BCUT2D eigenvalue weighted by molar-refractivity contribution is -0.137. The first kappa shape index (κ1) is 15.4. The van der Waals surface area contributed by atoms with E-state index in [2.05, 4.69) is 5.10 Å². The minimum atomic E-state index is -4.57. The molecule has 114 valence electrons. The number of aryl methyl sites for hydroxylation is 1. The molecule has 21 heavy (non-hydrogen) atoms. The highest BCUT2D eigenvalue weighted by atomic mass is 32.2. The van der Waals surface area contributed by atoms with Gasteiger partial charge in [0, 0.05) is 18.8 Å². The van der Waals surface area contributed by atoms with E-state index in [1.807, 2.05) is 0 Å². The Morgan fingerprint density at radius 1 is 1.33 bits per heavy atom. The van der Waals surface area contributed by atoms with E-state index in [1.54, 1.807) is 7.05 Å². The van der Waals surface area contributed by atoms with Crippen LogP contribution in [-0.4, -0.2) is 18.2 Å². The molecule has 1 aromatic heterocycles. The number of sulfone groups is 1. The standard InChI is InChI=1S/C12H12F3N3O2S/c1-18-6-8(5-17-18)7-21(19,20)11-3-2-9(4-10(11)16)12(13,14)15/h2-6H,7,16H2,1H3. The lowest BCUT2D eigenvalue weighted by Gasteiger charge is -2.11. The van der Waals surface area contributed by atoms with Gasteiger partial charge in [-0.05, 0) is 18.2 Å². The van der Waals surface area contributed by atoms with Crippen molar-refractivity contribution in [2.75, 3.05) is 5.73 Å². The highest BCUT2D eigenvalue weighted by molar-refractivity contribution is 7.90. The number of hydrogen-bond acceptors (Lipinski definition) is 4. The van der Waals surface area contributed by atoms with Crippen LogP contribution in [0.2, 0.25) is 0 Å². The van der Waals surface area contributed by atoms with E-state index in [9.17, 15) is 21.6 Å². The van der Waals surface area contributed by atoms with Crippen LogP contribution >= 0.6 is 0 Å². The van der Waals surface area contributed by atoms with Crippen molar-refractivity contribution in [1.29, 1.82) is 0 Å². The monoisotopic (exact) mass is 319 g/mol. The number of nitrogen functional groups attached to an aromatic ring is 1. The summed E-state index contributed by atoms with van der Waals surface area (Å²) in [7, 11) is -2.21. The zero-order valence-electron chi connectivity index (χ0n) is 10.9. The van der Waals surface area contributed by atoms with Crippen molar-refractivity contribution in [1.82, 2.24) is 9.78 Å². The van der Waals surface area contributed by atoms with Crippen molar-refractivity contribution in [3.63, 3.8) is 0 Å². The van der Waals surface area contributed by atoms with E-state index in [0.717, 1.165) is 6.07 Å². The summed E-state index contributed by atoms with van der Waals surface area (Å²) in [4.78, 5) is -0.320. The molecule has 0 saturated carbocycles. The molecule has 0 unspecified atom stereocenters. The summed E-state index contributed by atoms with van der Waals surface area (Å²) in [6.07, 6.45) is -1.69. The van der Waals surface area contributed by atoms with E-state index >= 15 is 0 Å². The number of rotatable bonds is 3. The molecule has 0 spiro atoms. The fourth-order valence-corrected chi connectivity index (χ4v) is 3.29. The van der Waals surface area contributed by atoms with Crippen molar-refractivity contribution >= 4 is 15.5 Å². The highest BCUT2D eigenvalue weighted by Crippen LogP contribution is 2.33. The second-order valence-corrected chi connectivity index (χ2v) is 6.49. The maximum absolute atomic E-state index is 12.5. The number of benzene rings is 1. The van der Waals surface area contributed by atoms with Gasteiger partial charge in [0.15, 0.2) is 9.84 Å². The van der Waals surface area contributed by atoms with Crippen LogP contribution in [0.1, 0.15) is 11.1 Å². The van der Waals surface area contributed by atoms with Gasteiger partial charge in [-0.15, -0.1) is 0 Å². The third kappa shape index (κ3) is 3.35. The first-order valence-corrected chi connectivity index (χ1v) is 7.42. The summed E-state index contributed by atoms with van der Waals surface area (Å²) >= 11 is 0. The minimum absolute atomic E-state index is 0.320. The zero-order valence-corrected chi connectivity index (χ0v) is 11.7. The molecule has 5 nitrogen and oxygen atoms in total. The number of nitrogens with two attached hydrogens (primary N) is 1. The first-order chi connectivity index (χ1) is 9.59. The van der Waals surface area contributed by atoms with Gasteiger partial charge in [0.1, 0.15) is 0 Å². The number of anilines is 1. The molecule has 1 aromatic carbocycles. The normalized spacial score (nSPS) is 12.6. The van der Waals surface area contributed by atoms with Crippen molar-refractivity contribution in [3.8, 4) is 0 Å². The minimum Gasteiger partial charge on any atom is -0.398 e. The molecule has 0 saturated heterocycles. The van der Waals surface area contributed by atoms with Gasteiger partial charge < -0.3 is 5.73 Å². The van der Waals surface area contributed by atoms with E-state index < -0.39 is 27.3 Å². The molecule has 2 rings (SSSR count). The smallest absolute Gasteiger partial charge is 0.398 e. The molecular formula is C12H12F3N3O2S. The van der Waals surface area contributed by atoms with Crippen LogP contribution in [0.3, 0.4) is 0 Å². The predicted octanol–water partition coefficient (Wildman–Crippen LogP) is 2.00. The lowest BCUT2D eigenvalue weighted by Crippen LogP contribution is -2.11. The van der Waals surface area contributed by atoms with E-state index in [0.29, 0.717) is 17.7 Å². The van der Waals surface area contributed by atoms with E-state index in [1.165, 1.54) is 17.1 Å². The number of halogens is 3. The molecule has 0 bridgehead atoms. The van der Waals surface area contributed by atoms with Gasteiger partial charge in [-0.25, -0.2) is 8.42 Å². The lowest BCUT2D eigenvalue weighted by atomic mass is 10.2. The Kier molecular flexibility index (Phi) is 3.70. The van der Waals surface area contributed by atoms with Crippen LogP contribution in [-0.2, 0) is 28.8 Å². The molecule has 0 aliphatic carbocycles. The average molecular weight is 319 g/mol. The van der Waals surface area contributed by atoms with Crippen molar-refractivity contribution in [2.45, 2.75) is 16.8 Å². The van der Waals surface area contributed by atoms with Gasteiger partial charge in [-0.2, -0.15) is 18.3 Å². The molecule has 2 aromatic rings. The third-order valence-corrected chi connectivity index (χ3v) is 4.54. The summed E-state index contributed by atoms with van der Waals surface area (Å²) in [6.45, 7) is 0.